The van der Waals surface area contributed by atoms with E-state index in [2.05, 4.69) is 4.98 Å². The highest BCUT2D eigenvalue weighted by atomic mass is 32.1. The van der Waals surface area contributed by atoms with Crippen LogP contribution in [0, 0.1) is 0 Å². The molecule has 1 aromatic carbocycles. The summed E-state index contributed by atoms with van der Waals surface area (Å²) in [6.45, 7) is 0. The number of benzene rings is 1. The summed E-state index contributed by atoms with van der Waals surface area (Å²) >= 11 is 0.580. The zero-order chi connectivity index (χ0) is 11.8. The molecule has 0 amide bonds. The van der Waals surface area contributed by atoms with Crippen molar-refractivity contribution in [3.63, 3.8) is 0 Å². The van der Waals surface area contributed by atoms with Crippen LogP contribution in [0.1, 0.15) is 5.01 Å². The van der Waals surface area contributed by atoms with Gasteiger partial charge in [0.1, 0.15) is 0 Å². The standard InChI is InChI=1S/C10H7F3N2S/c11-10(12,13)9-15-8(5-16-9)6-2-1-3-7(14)4-6/h1-5H,14H2. The Balaban J connectivity index is 2.39. The quantitative estimate of drug-likeness (QED) is 0.781. The second-order valence-electron chi connectivity index (χ2n) is 3.16. The Morgan fingerprint density at radius 2 is 2.00 bits per heavy atom. The van der Waals surface area contributed by atoms with E-state index in [1.807, 2.05) is 0 Å². The molecule has 0 unspecified atom stereocenters. The number of hydrogen-bond acceptors (Lipinski definition) is 3. The number of nitrogen functional groups attached to an aromatic ring is 1. The normalized spacial score (nSPS) is 11.7. The van der Waals surface area contributed by atoms with Gasteiger partial charge in [-0.1, -0.05) is 12.1 Å². The van der Waals surface area contributed by atoms with Crippen molar-refractivity contribution in [1.82, 2.24) is 4.98 Å². The number of aromatic nitrogens is 1. The summed E-state index contributed by atoms with van der Waals surface area (Å²) in [7, 11) is 0. The fraction of sp³-hybridized carbons (Fsp3) is 0.100. The number of nitrogens with zero attached hydrogens (tertiary/aromatic N) is 1. The van der Waals surface area contributed by atoms with E-state index in [-0.39, 0.29) is 0 Å². The fourth-order valence-corrected chi connectivity index (χ4v) is 1.93. The molecule has 0 saturated carbocycles. The van der Waals surface area contributed by atoms with Crippen molar-refractivity contribution in [3.05, 3.63) is 34.7 Å². The van der Waals surface area contributed by atoms with Crippen molar-refractivity contribution < 1.29 is 13.2 Å². The molecule has 16 heavy (non-hydrogen) atoms. The van der Waals surface area contributed by atoms with Crippen molar-refractivity contribution in [2.75, 3.05) is 5.73 Å². The van der Waals surface area contributed by atoms with Crippen molar-refractivity contribution >= 4 is 17.0 Å². The number of hydrogen-bond donors (Lipinski definition) is 1. The minimum atomic E-state index is -4.39. The zero-order valence-electron chi connectivity index (χ0n) is 7.95. The largest absolute Gasteiger partial charge is 0.443 e. The third-order valence-corrected chi connectivity index (χ3v) is 2.82. The monoisotopic (exact) mass is 244 g/mol. The Hall–Kier alpha value is -1.56. The third-order valence-electron chi connectivity index (χ3n) is 1.93. The van der Waals surface area contributed by atoms with Crippen molar-refractivity contribution in [1.29, 1.82) is 0 Å². The zero-order valence-corrected chi connectivity index (χ0v) is 8.77. The summed E-state index contributed by atoms with van der Waals surface area (Å²) in [6, 6.07) is 6.61. The van der Waals surface area contributed by atoms with E-state index in [0.29, 0.717) is 28.3 Å². The molecule has 0 aliphatic rings. The van der Waals surface area contributed by atoms with Crippen LogP contribution in [-0.4, -0.2) is 4.98 Å². The molecule has 84 valence electrons. The van der Waals surface area contributed by atoms with E-state index in [4.69, 9.17) is 5.73 Å². The van der Waals surface area contributed by atoms with E-state index < -0.39 is 11.2 Å². The second-order valence-corrected chi connectivity index (χ2v) is 4.02. The predicted octanol–water partition coefficient (Wildman–Crippen LogP) is 3.41. The van der Waals surface area contributed by atoms with E-state index in [1.54, 1.807) is 24.3 Å². The van der Waals surface area contributed by atoms with Gasteiger partial charge in [-0.25, -0.2) is 4.98 Å². The summed E-state index contributed by atoms with van der Waals surface area (Å²) in [5.74, 6) is 0. The Morgan fingerprint density at radius 1 is 1.25 bits per heavy atom. The Morgan fingerprint density at radius 3 is 2.56 bits per heavy atom. The summed E-state index contributed by atoms with van der Waals surface area (Å²) < 4.78 is 37.0. The Bertz CT molecular complexity index is 505. The molecule has 0 fully saturated rings. The Labute approximate surface area is 93.5 Å². The molecular formula is C10H7F3N2S. The van der Waals surface area contributed by atoms with Crippen molar-refractivity contribution in [2.24, 2.45) is 0 Å². The Kier molecular flexibility index (Phi) is 2.59. The van der Waals surface area contributed by atoms with Crippen LogP contribution >= 0.6 is 11.3 Å². The molecule has 0 aliphatic carbocycles. The van der Waals surface area contributed by atoms with Crippen LogP contribution in [0.15, 0.2) is 29.6 Å². The highest BCUT2D eigenvalue weighted by molar-refractivity contribution is 7.10. The van der Waals surface area contributed by atoms with Crippen molar-refractivity contribution in [3.8, 4) is 11.3 Å². The van der Waals surface area contributed by atoms with Crippen LogP contribution in [0.25, 0.3) is 11.3 Å². The number of rotatable bonds is 1. The van der Waals surface area contributed by atoms with Gasteiger partial charge in [-0.05, 0) is 12.1 Å². The summed E-state index contributed by atoms with van der Waals surface area (Å²) in [4.78, 5) is 3.53. The molecule has 0 bridgehead atoms. The topological polar surface area (TPSA) is 38.9 Å². The first-order valence-electron chi connectivity index (χ1n) is 4.35. The molecule has 2 rings (SSSR count). The number of alkyl halides is 3. The van der Waals surface area contributed by atoms with Gasteiger partial charge in [0.2, 0.25) is 0 Å². The van der Waals surface area contributed by atoms with Gasteiger partial charge < -0.3 is 5.73 Å². The number of anilines is 1. The molecule has 2 N–H and O–H groups in total. The van der Waals surface area contributed by atoms with Crippen LogP contribution in [0.3, 0.4) is 0 Å². The van der Waals surface area contributed by atoms with Gasteiger partial charge in [0.15, 0.2) is 5.01 Å². The highest BCUT2D eigenvalue weighted by Gasteiger charge is 2.34. The van der Waals surface area contributed by atoms with Gasteiger partial charge in [0.25, 0.3) is 0 Å². The molecule has 0 radical (unpaired) electrons. The van der Waals surface area contributed by atoms with Crippen molar-refractivity contribution in [2.45, 2.75) is 6.18 Å². The maximum Gasteiger partial charge on any atom is 0.443 e. The highest BCUT2D eigenvalue weighted by Crippen LogP contribution is 2.34. The van der Waals surface area contributed by atoms with Gasteiger partial charge in [-0.3, -0.25) is 0 Å². The lowest BCUT2D eigenvalue weighted by atomic mass is 10.1. The van der Waals surface area contributed by atoms with Crippen LogP contribution in [0.5, 0.6) is 0 Å². The first-order valence-corrected chi connectivity index (χ1v) is 5.23. The lowest BCUT2D eigenvalue weighted by Gasteiger charge is -2.00. The molecule has 0 spiro atoms. The lowest BCUT2D eigenvalue weighted by Crippen LogP contribution is -2.03. The smallest absolute Gasteiger partial charge is 0.399 e. The van der Waals surface area contributed by atoms with Gasteiger partial charge >= 0.3 is 6.18 Å². The molecule has 1 aromatic heterocycles. The van der Waals surface area contributed by atoms with Crippen LogP contribution in [0.2, 0.25) is 0 Å². The van der Waals surface area contributed by atoms with Gasteiger partial charge in [0, 0.05) is 16.6 Å². The minimum Gasteiger partial charge on any atom is -0.399 e. The summed E-state index contributed by atoms with van der Waals surface area (Å²) in [5.41, 5.74) is 6.93. The maximum absolute atomic E-state index is 12.3. The van der Waals surface area contributed by atoms with Crippen LogP contribution in [-0.2, 0) is 6.18 Å². The molecular weight excluding hydrogens is 237 g/mol. The van der Waals surface area contributed by atoms with Gasteiger partial charge in [-0.15, -0.1) is 11.3 Å². The summed E-state index contributed by atoms with van der Waals surface area (Å²) in [5, 5.41) is 0.530. The van der Waals surface area contributed by atoms with E-state index in [1.165, 1.54) is 5.38 Å². The molecule has 0 aliphatic heterocycles. The average Bonchev–Trinajstić information content (AvgIpc) is 2.65. The maximum atomic E-state index is 12.3. The van der Waals surface area contributed by atoms with E-state index in [9.17, 15) is 13.2 Å². The molecule has 2 nitrogen and oxygen atoms in total. The first kappa shape index (κ1) is 10.9. The van der Waals surface area contributed by atoms with Crippen LogP contribution < -0.4 is 5.73 Å². The SMILES string of the molecule is Nc1cccc(-c2csc(C(F)(F)F)n2)c1. The molecule has 2 aromatic rings. The average molecular weight is 244 g/mol. The van der Waals surface area contributed by atoms with Gasteiger partial charge in [-0.2, -0.15) is 13.2 Å². The lowest BCUT2D eigenvalue weighted by molar-refractivity contribution is -0.137. The molecule has 6 heteroatoms. The molecule has 0 atom stereocenters. The van der Waals surface area contributed by atoms with E-state index >= 15 is 0 Å². The first-order chi connectivity index (χ1) is 7.47. The molecule has 0 saturated heterocycles. The minimum absolute atomic E-state index is 0.296. The number of nitrogens with two attached hydrogens (primary N) is 1. The summed E-state index contributed by atoms with van der Waals surface area (Å²) in [6.07, 6.45) is -4.39. The fourth-order valence-electron chi connectivity index (χ4n) is 1.23. The van der Waals surface area contributed by atoms with E-state index in [0.717, 1.165) is 0 Å². The predicted molar refractivity (Wildman–Crippen MR) is 57.0 cm³/mol. The number of halogens is 3. The molecule has 1 heterocycles. The third kappa shape index (κ3) is 2.16. The second kappa shape index (κ2) is 3.79. The van der Waals surface area contributed by atoms with Gasteiger partial charge in [0.05, 0.1) is 5.69 Å². The number of thiazole rings is 1. The van der Waals surface area contributed by atoms with Crippen LogP contribution in [0.4, 0.5) is 18.9 Å².